The highest BCUT2D eigenvalue weighted by Crippen LogP contribution is 2.28. The summed E-state index contributed by atoms with van der Waals surface area (Å²) in [6, 6.07) is -2.00. The van der Waals surface area contributed by atoms with E-state index in [1.54, 1.807) is 41.5 Å². The summed E-state index contributed by atoms with van der Waals surface area (Å²) >= 11 is 18.7. The zero-order valence-corrected chi connectivity index (χ0v) is 24.8. The Labute approximate surface area is 233 Å². The predicted octanol–water partition coefficient (Wildman–Crippen LogP) is 4.30. The van der Waals surface area contributed by atoms with Gasteiger partial charge >= 0.3 is 18.2 Å². The van der Waals surface area contributed by atoms with Gasteiger partial charge in [0.15, 0.2) is 0 Å². The molecule has 2 N–H and O–H groups in total. The first-order chi connectivity index (χ1) is 15.8. The molecule has 0 aromatic carbocycles. The van der Waals surface area contributed by atoms with Gasteiger partial charge in [0.05, 0.1) is 12.0 Å². The molecule has 0 aromatic rings. The molecule has 2 amide bonds. The second kappa shape index (κ2) is 13.0. The van der Waals surface area contributed by atoms with E-state index in [9.17, 15) is 19.2 Å². The van der Waals surface area contributed by atoms with Crippen LogP contribution in [0.15, 0.2) is 0 Å². The second-order valence-electron chi connectivity index (χ2n) is 10.1. The van der Waals surface area contributed by atoms with Gasteiger partial charge in [0.25, 0.3) is 0 Å². The molecule has 0 bridgehead atoms. The van der Waals surface area contributed by atoms with Gasteiger partial charge in [-0.15, -0.1) is 0 Å². The Morgan fingerprint density at radius 1 is 1.09 bits per heavy atom. The number of alkyl halides is 4. The number of alkyl carbamates (subject to hydrolysis) is 1. The summed E-state index contributed by atoms with van der Waals surface area (Å²) in [5.74, 6) is -2.18. The van der Waals surface area contributed by atoms with Crippen LogP contribution in [0.25, 0.3) is 0 Å². The van der Waals surface area contributed by atoms with Crippen molar-refractivity contribution < 1.29 is 38.1 Å². The first kappa shape index (κ1) is 32.1. The maximum Gasteiger partial charge on any atom is 0.508 e. The number of amides is 2. The number of carbonyl (C=O) groups is 4. The van der Waals surface area contributed by atoms with Gasteiger partial charge < -0.3 is 29.6 Å². The van der Waals surface area contributed by atoms with E-state index < -0.39 is 63.5 Å². The highest BCUT2D eigenvalue weighted by molar-refractivity contribution is 14.1. The fourth-order valence-corrected chi connectivity index (χ4v) is 3.64. The van der Waals surface area contributed by atoms with Crippen LogP contribution in [0.1, 0.15) is 48.0 Å². The number of hydrogen-bond donors (Lipinski definition) is 2. The summed E-state index contributed by atoms with van der Waals surface area (Å²) in [6.07, 6.45) is -2.08. The second-order valence-corrected chi connectivity index (χ2v) is 13.5. The molecule has 4 atom stereocenters. The number of cyclic esters (lactones) is 1. The molecule has 1 aliphatic heterocycles. The average molecular weight is 674 g/mol. The number of nitrogens with one attached hydrogen (secondary N) is 2. The zero-order chi connectivity index (χ0) is 27.2. The van der Waals surface area contributed by atoms with Crippen molar-refractivity contribution in [1.82, 2.24) is 10.6 Å². The van der Waals surface area contributed by atoms with E-state index in [1.807, 2.05) is 0 Å². The van der Waals surface area contributed by atoms with Crippen molar-refractivity contribution in [3.05, 3.63) is 0 Å². The molecule has 1 fully saturated rings. The van der Waals surface area contributed by atoms with Crippen molar-refractivity contribution in [2.75, 3.05) is 17.6 Å². The van der Waals surface area contributed by atoms with Gasteiger partial charge in [0, 0.05) is 10.8 Å². The van der Waals surface area contributed by atoms with Crippen molar-refractivity contribution >= 4 is 81.5 Å². The SMILES string of the molecule is CC(C)(C)OC(=O)NC(C(=O)NC(COC(=O)OCC(Cl)(Cl)Cl)C(C)(C)C)C1CC(CI)OC1=O. The van der Waals surface area contributed by atoms with Gasteiger partial charge in [0.2, 0.25) is 9.70 Å². The van der Waals surface area contributed by atoms with Crippen LogP contribution in [-0.4, -0.2) is 69.3 Å². The molecule has 1 saturated heterocycles. The summed E-state index contributed by atoms with van der Waals surface area (Å²) in [7, 11) is 0. The Morgan fingerprint density at radius 3 is 2.14 bits per heavy atom. The monoisotopic (exact) mass is 672 g/mol. The van der Waals surface area contributed by atoms with E-state index >= 15 is 0 Å². The van der Waals surface area contributed by atoms with Crippen LogP contribution in [0, 0.1) is 11.3 Å². The number of ether oxygens (including phenoxy) is 4. The van der Waals surface area contributed by atoms with E-state index in [-0.39, 0.29) is 19.1 Å². The molecule has 10 nitrogen and oxygen atoms in total. The minimum Gasteiger partial charge on any atom is -0.461 e. The minimum absolute atomic E-state index is 0.246. The molecular weight excluding hydrogens is 642 g/mol. The van der Waals surface area contributed by atoms with Gasteiger partial charge in [-0.1, -0.05) is 78.2 Å². The van der Waals surface area contributed by atoms with Crippen LogP contribution in [-0.2, 0) is 28.5 Å². The maximum atomic E-state index is 13.3. The third kappa shape index (κ3) is 12.2. The fraction of sp³-hybridized carbons (Fsp3) is 0.810. The van der Waals surface area contributed by atoms with Crippen molar-refractivity contribution in [3.63, 3.8) is 0 Å². The molecule has 202 valence electrons. The summed E-state index contributed by atoms with van der Waals surface area (Å²) in [5.41, 5.74) is -1.41. The number of hydrogen-bond acceptors (Lipinski definition) is 8. The lowest BCUT2D eigenvalue weighted by atomic mass is 9.86. The Morgan fingerprint density at radius 2 is 1.69 bits per heavy atom. The number of halogens is 4. The van der Waals surface area contributed by atoms with Crippen molar-refractivity contribution in [1.29, 1.82) is 0 Å². The smallest absolute Gasteiger partial charge is 0.461 e. The standard InChI is InChI=1S/C21H32Cl3IN2O8/c1-19(2,3)13(9-32-18(31)33-10-21(22,23)24)26-15(28)14(27-17(30)35-20(4,5)6)12-7-11(8-25)34-16(12)29/h11-14H,7-10H2,1-6H3,(H,26,28)(H,27,30). The Balaban J connectivity index is 3.00. The largest absolute Gasteiger partial charge is 0.508 e. The molecule has 4 unspecified atom stereocenters. The van der Waals surface area contributed by atoms with Gasteiger partial charge in [-0.2, -0.15) is 0 Å². The van der Waals surface area contributed by atoms with Gasteiger partial charge in [0.1, 0.15) is 31.0 Å². The Bertz CT molecular complexity index is 780. The highest BCUT2D eigenvalue weighted by atomic mass is 127. The molecule has 1 heterocycles. The van der Waals surface area contributed by atoms with E-state index in [4.69, 9.17) is 53.8 Å². The van der Waals surface area contributed by atoms with E-state index in [0.29, 0.717) is 4.43 Å². The van der Waals surface area contributed by atoms with E-state index in [0.717, 1.165) is 0 Å². The molecule has 0 spiro atoms. The first-order valence-corrected chi connectivity index (χ1v) is 13.4. The lowest BCUT2D eigenvalue weighted by Gasteiger charge is -2.33. The summed E-state index contributed by atoms with van der Waals surface area (Å²) in [5, 5.41) is 5.25. The van der Waals surface area contributed by atoms with E-state index in [2.05, 4.69) is 33.2 Å². The van der Waals surface area contributed by atoms with Gasteiger partial charge in [-0.3, -0.25) is 9.59 Å². The molecule has 0 saturated carbocycles. The molecule has 14 heteroatoms. The topological polar surface area (TPSA) is 129 Å². The minimum atomic E-state index is -1.80. The quantitative estimate of drug-likeness (QED) is 0.169. The number of rotatable bonds is 8. The van der Waals surface area contributed by atoms with Gasteiger partial charge in [-0.25, -0.2) is 9.59 Å². The molecule has 0 radical (unpaired) electrons. The van der Waals surface area contributed by atoms with Crippen molar-refractivity contribution in [2.45, 2.75) is 75.5 Å². The normalized spacial score (nSPS) is 20.3. The highest BCUT2D eigenvalue weighted by Gasteiger charge is 2.45. The predicted molar refractivity (Wildman–Crippen MR) is 139 cm³/mol. The molecule has 0 aliphatic carbocycles. The third-order valence-corrected chi connectivity index (χ3v) is 6.02. The van der Waals surface area contributed by atoms with Crippen LogP contribution in [0.4, 0.5) is 9.59 Å². The van der Waals surface area contributed by atoms with Crippen LogP contribution >= 0.6 is 57.4 Å². The first-order valence-electron chi connectivity index (χ1n) is 10.7. The maximum absolute atomic E-state index is 13.3. The lowest BCUT2D eigenvalue weighted by molar-refractivity contribution is -0.146. The van der Waals surface area contributed by atoms with Gasteiger partial charge in [-0.05, 0) is 26.2 Å². The van der Waals surface area contributed by atoms with E-state index in [1.165, 1.54) is 0 Å². The van der Waals surface area contributed by atoms with Crippen LogP contribution < -0.4 is 10.6 Å². The molecule has 35 heavy (non-hydrogen) atoms. The van der Waals surface area contributed by atoms with Crippen LogP contribution in [0.3, 0.4) is 0 Å². The molecular formula is C21H32Cl3IN2O8. The number of esters is 1. The van der Waals surface area contributed by atoms with Crippen molar-refractivity contribution in [2.24, 2.45) is 11.3 Å². The Hall–Kier alpha value is -0.920. The summed E-state index contributed by atoms with van der Waals surface area (Å²) in [4.78, 5) is 50.1. The lowest BCUT2D eigenvalue weighted by Crippen LogP contribution is -2.57. The van der Waals surface area contributed by atoms with Crippen LogP contribution in [0.2, 0.25) is 0 Å². The summed E-state index contributed by atoms with van der Waals surface area (Å²) in [6.45, 7) is 9.64. The molecule has 1 aliphatic rings. The molecule has 1 rings (SSSR count). The van der Waals surface area contributed by atoms with Crippen LogP contribution in [0.5, 0.6) is 0 Å². The summed E-state index contributed by atoms with van der Waals surface area (Å²) < 4.78 is 19.1. The Kier molecular flexibility index (Phi) is 12.0. The molecule has 0 aromatic heterocycles. The average Bonchev–Trinajstić information content (AvgIpc) is 3.05. The zero-order valence-electron chi connectivity index (χ0n) is 20.4. The fourth-order valence-electron chi connectivity index (χ4n) is 2.93. The number of carbonyl (C=O) groups excluding carboxylic acids is 4. The third-order valence-electron chi connectivity index (χ3n) is 4.71. The van der Waals surface area contributed by atoms with Crippen molar-refractivity contribution in [3.8, 4) is 0 Å².